The Morgan fingerprint density at radius 3 is 1.85 bits per heavy atom. The summed E-state index contributed by atoms with van der Waals surface area (Å²) in [7, 11) is 0. The van der Waals surface area contributed by atoms with Gasteiger partial charge in [0.05, 0.1) is 0 Å². The van der Waals surface area contributed by atoms with Crippen LogP contribution < -0.4 is 17.2 Å². The molecule has 0 heterocycles. The topological polar surface area (TPSA) is 129 Å². The molecule has 6 heteroatoms. The molecule has 13 heavy (non-hydrogen) atoms. The Morgan fingerprint density at radius 2 is 1.54 bits per heavy atom. The lowest BCUT2D eigenvalue weighted by Gasteiger charge is -2.08. The molecule has 6 N–H and O–H groups in total. The van der Waals surface area contributed by atoms with E-state index in [0.717, 1.165) is 0 Å². The highest BCUT2D eigenvalue weighted by molar-refractivity contribution is 5.84. The highest BCUT2D eigenvalue weighted by Gasteiger charge is 2.18. The third-order valence-electron chi connectivity index (χ3n) is 1.59. The molecule has 0 saturated heterocycles. The summed E-state index contributed by atoms with van der Waals surface area (Å²) in [6, 6.07) is 0. The Labute approximate surface area is 75.4 Å². The highest BCUT2D eigenvalue weighted by atomic mass is 16.2. The summed E-state index contributed by atoms with van der Waals surface area (Å²) in [6.07, 6.45) is 0.0666. The van der Waals surface area contributed by atoms with Gasteiger partial charge in [-0.3, -0.25) is 14.4 Å². The van der Waals surface area contributed by atoms with Gasteiger partial charge in [-0.05, 0) is 6.42 Å². The number of rotatable bonds is 6. The van der Waals surface area contributed by atoms with Crippen molar-refractivity contribution >= 4 is 17.7 Å². The van der Waals surface area contributed by atoms with E-state index in [2.05, 4.69) is 0 Å². The maximum Gasteiger partial charge on any atom is 0.221 e. The quantitative estimate of drug-likeness (QED) is 0.454. The van der Waals surface area contributed by atoms with Crippen LogP contribution in [0.1, 0.15) is 19.3 Å². The summed E-state index contributed by atoms with van der Waals surface area (Å²) in [5.41, 5.74) is 14.7. The lowest BCUT2D eigenvalue weighted by Crippen LogP contribution is -2.29. The normalized spacial score (nSPS) is 12.0. The molecule has 0 bridgehead atoms. The van der Waals surface area contributed by atoms with Crippen LogP contribution in [0.4, 0.5) is 0 Å². The van der Waals surface area contributed by atoms with Crippen molar-refractivity contribution in [3.8, 4) is 0 Å². The van der Waals surface area contributed by atoms with Gasteiger partial charge in [0.25, 0.3) is 0 Å². The van der Waals surface area contributed by atoms with Gasteiger partial charge in [-0.2, -0.15) is 0 Å². The predicted molar refractivity (Wildman–Crippen MR) is 44.9 cm³/mol. The molecular weight excluding hydrogens is 174 g/mol. The number of carbonyl (C=O) groups is 3. The number of hydrogen-bond acceptors (Lipinski definition) is 3. The Balaban J connectivity index is 4.02. The molecule has 1 unspecified atom stereocenters. The minimum absolute atomic E-state index is 0.0287. The summed E-state index contributed by atoms with van der Waals surface area (Å²) in [4.78, 5) is 31.5. The molecule has 0 aromatic heterocycles. The van der Waals surface area contributed by atoms with E-state index in [1.807, 2.05) is 0 Å². The molecule has 0 spiro atoms. The van der Waals surface area contributed by atoms with Crippen molar-refractivity contribution in [1.29, 1.82) is 0 Å². The molecule has 0 radical (unpaired) electrons. The third kappa shape index (κ3) is 5.66. The van der Waals surface area contributed by atoms with Crippen molar-refractivity contribution < 1.29 is 14.4 Å². The lowest BCUT2D eigenvalue weighted by molar-refractivity contribution is -0.127. The maximum atomic E-state index is 10.7. The fourth-order valence-electron chi connectivity index (χ4n) is 0.904. The van der Waals surface area contributed by atoms with Crippen LogP contribution in [-0.2, 0) is 14.4 Å². The molecule has 1 atom stereocenters. The van der Waals surface area contributed by atoms with Crippen LogP contribution in [0, 0.1) is 5.92 Å². The average molecular weight is 187 g/mol. The van der Waals surface area contributed by atoms with Crippen LogP contribution in [0.15, 0.2) is 0 Å². The van der Waals surface area contributed by atoms with Gasteiger partial charge in [-0.25, -0.2) is 0 Å². The van der Waals surface area contributed by atoms with E-state index in [0.29, 0.717) is 0 Å². The first-order valence-corrected chi connectivity index (χ1v) is 3.79. The molecule has 0 aromatic carbocycles. The second-order valence-corrected chi connectivity index (χ2v) is 2.77. The summed E-state index contributed by atoms with van der Waals surface area (Å²) in [5.74, 6) is -2.48. The smallest absolute Gasteiger partial charge is 0.221 e. The Bertz CT molecular complexity index is 227. The molecule has 0 aromatic rings. The summed E-state index contributed by atoms with van der Waals surface area (Å²) in [5, 5.41) is 0. The number of primary amides is 3. The van der Waals surface area contributed by atoms with Crippen molar-refractivity contribution in [2.24, 2.45) is 23.1 Å². The first-order chi connectivity index (χ1) is 5.93. The van der Waals surface area contributed by atoms with Crippen LogP contribution in [0.2, 0.25) is 0 Å². The van der Waals surface area contributed by atoms with Crippen LogP contribution in [0.5, 0.6) is 0 Å². The van der Waals surface area contributed by atoms with Crippen LogP contribution >= 0.6 is 0 Å². The van der Waals surface area contributed by atoms with E-state index in [1.54, 1.807) is 0 Å². The zero-order valence-corrected chi connectivity index (χ0v) is 7.16. The van der Waals surface area contributed by atoms with E-state index >= 15 is 0 Å². The molecule has 0 aliphatic heterocycles. The Hall–Kier alpha value is -1.59. The Morgan fingerprint density at radius 1 is 1.00 bits per heavy atom. The van der Waals surface area contributed by atoms with Crippen molar-refractivity contribution in [2.45, 2.75) is 19.3 Å². The summed E-state index contributed by atoms with van der Waals surface area (Å²) < 4.78 is 0. The molecule has 3 amide bonds. The molecule has 74 valence electrons. The van der Waals surface area contributed by atoms with Crippen LogP contribution in [0.25, 0.3) is 0 Å². The third-order valence-corrected chi connectivity index (χ3v) is 1.59. The van der Waals surface area contributed by atoms with Crippen molar-refractivity contribution in [2.75, 3.05) is 0 Å². The molecule has 0 saturated carbocycles. The number of nitrogens with two attached hydrogens (primary N) is 3. The highest BCUT2D eigenvalue weighted by Crippen LogP contribution is 2.09. The molecule has 0 fully saturated rings. The van der Waals surface area contributed by atoms with Gasteiger partial charge in [-0.1, -0.05) is 0 Å². The average Bonchev–Trinajstić information content (AvgIpc) is 1.96. The fraction of sp³-hybridized carbons (Fsp3) is 0.571. The van der Waals surface area contributed by atoms with Gasteiger partial charge in [0, 0.05) is 18.8 Å². The van der Waals surface area contributed by atoms with Gasteiger partial charge < -0.3 is 17.2 Å². The fourth-order valence-corrected chi connectivity index (χ4v) is 0.904. The van der Waals surface area contributed by atoms with E-state index in [9.17, 15) is 14.4 Å². The van der Waals surface area contributed by atoms with Crippen LogP contribution in [0.3, 0.4) is 0 Å². The van der Waals surface area contributed by atoms with E-state index in [-0.39, 0.29) is 19.3 Å². The predicted octanol–water partition coefficient (Wildman–Crippen LogP) is -1.77. The maximum absolute atomic E-state index is 10.7. The minimum Gasteiger partial charge on any atom is -0.370 e. The first-order valence-electron chi connectivity index (χ1n) is 3.79. The van der Waals surface area contributed by atoms with Crippen LogP contribution in [-0.4, -0.2) is 17.7 Å². The molecule has 0 rings (SSSR count). The zero-order valence-electron chi connectivity index (χ0n) is 7.16. The number of carbonyl (C=O) groups excluding carboxylic acids is 3. The molecule has 6 nitrogen and oxygen atoms in total. The SMILES string of the molecule is NC(=O)CCC(CC(N)=O)C(N)=O. The first kappa shape index (κ1) is 11.4. The van der Waals surface area contributed by atoms with Gasteiger partial charge in [-0.15, -0.1) is 0 Å². The van der Waals surface area contributed by atoms with Gasteiger partial charge >= 0.3 is 0 Å². The van der Waals surface area contributed by atoms with Crippen molar-refractivity contribution in [3.05, 3.63) is 0 Å². The zero-order chi connectivity index (χ0) is 10.4. The molecule has 0 aliphatic carbocycles. The minimum atomic E-state index is -0.690. The molecular formula is C7H13N3O3. The summed E-state index contributed by atoms with van der Waals surface area (Å²) >= 11 is 0. The van der Waals surface area contributed by atoms with Gasteiger partial charge in [0.2, 0.25) is 17.7 Å². The van der Waals surface area contributed by atoms with Crippen molar-refractivity contribution in [1.82, 2.24) is 0 Å². The second kappa shape index (κ2) is 5.13. The van der Waals surface area contributed by atoms with Gasteiger partial charge in [0.15, 0.2) is 0 Å². The van der Waals surface area contributed by atoms with E-state index < -0.39 is 23.6 Å². The van der Waals surface area contributed by atoms with Crippen molar-refractivity contribution in [3.63, 3.8) is 0 Å². The van der Waals surface area contributed by atoms with E-state index in [4.69, 9.17) is 17.2 Å². The summed E-state index contributed by atoms with van der Waals surface area (Å²) in [6.45, 7) is 0. The monoisotopic (exact) mass is 187 g/mol. The largest absolute Gasteiger partial charge is 0.370 e. The van der Waals surface area contributed by atoms with Gasteiger partial charge in [0.1, 0.15) is 0 Å². The lowest BCUT2D eigenvalue weighted by atomic mass is 9.98. The standard InChI is InChI=1S/C7H13N3O3/c8-5(11)2-1-4(7(10)13)3-6(9)12/h4H,1-3H2,(H2,8,11)(H2,9,12)(H2,10,13). The molecule has 0 aliphatic rings. The second-order valence-electron chi connectivity index (χ2n) is 2.77. The number of hydrogen-bond donors (Lipinski definition) is 3. The number of amides is 3. The van der Waals surface area contributed by atoms with E-state index in [1.165, 1.54) is 0 Å². The Kier molecular flexibility index (Phi) is 4.50.